The summed E-state index contributed by atoms with van der Waals surface area (Å²) in [6.45, 7) is 0.168. The lowest BCUT2D eigenvalue weighted by atomic mass is 10.2. The molecule has 100 valence electrons. The Morgan fingerprint density at radius 1 is 1.45 bits per heavy atom. The van der Waals surface area contributed by atoms with Crippen LogP contribution in [0.25, 0.3) is 11.2 Å². The lowest BCUT2D eigenvalue weighted by molar-refractivity contribution is 0.350. The van der Waals surface area contributed by atoms with E-state index < -0.39 is 5.76 Å². The van der Waals surface area contributed by atoms with Crippen LogP contribution in [0.1, 0.15) is 10.4 Å². The number of fused-ring (bicyclic) bond motifs is 1. The molecular weight excluding hydrogens is 276 g/mol. The molecule has 0 radical (unpaired) electrons. The SMILES string of the molecule is O=c1oc2cccnc2n1Cc1sccc1C#CCO. The molecule has 0 unspecified atom stereocenters. The number of aliphatic hydroxyl groups excluding tert-OH is 1. The summed E-state index contributed by atoms with van der Waals surface area (Å²) in [7, 11) is 0. The fourth-order valence-electron chi connectivity index (χ4n) is 1.89. The Hall–Kier alpha value is -2.36. The number of thiophene rings is 1. The monoisotopic (exact) mass is 286 g/mol. The van der Waals surface area contributed by atoms with Gasteiger partial charge in [-0.15, -0.1) is 11.3 Å². The highest BCUT2D eigenvalue weighted by atomic mass is 32.1. The van der Waals surface area contributed by atoms with Gasteiger partial charge in [0.1, 0.15) is 6.61 Å². The van der Waals surface area contributed by atoms with Crippen LogP contribution in [0, 0.1) is 11.8 Å². The van der Waals surface area contributed by atoms with Gasteiger partial charge in [-0.05, 0) is 23.6 Å². The molecule has 0 aromatic carbocycles. The zero-order valence-electron chi connectivity index (χ0n) is 10.4. The van der Waals surface area contributed by atoms with Crippen LogP contribution >= 0.6 is 11.3 Å². The second-order valence-electron chi connectivity index (χ2n) is 4.00. The zero-order chi connectivity index (χ0) is 13.9. The van der Waals surface area contributed by atoms with Crippen LogP contribution in [0.3, 0.4) is 0 Å². The van der Waals surface area contributed by atoms with Gasteiger partial charge in [0.05, 0.1) is 6.54 Å². The number of aromatic nitrogens is 2. The van der Waals surface area contributed by atoms with E-state index in [0.717, 1.165) is 10.4 Å². The quantitative estimate of drug-likeness (QED) is 0.724. The van der Waals surface area contributed by atoms with Gasteiger partial charge < -0.3 is 9.52 Å². The van der Waals surface area contributed by atoms with Gasteiger partial charge in [-0.3, -0.25) is 4.57 Å². The molecule has 3 aromatic heterocycles. The minimum atomic E-state index is -0.437. The number of hydrogen-bond acceptors (Lipinski definition) is 5. The maximum Gasteiger partial charge on any atom is 0.421 e. The first-order valence-electron chi connectivity index (χ1n) is 5.90. The Kier molecular flexibility index (Phi) is 3.37. The van der Waals surface area contributed by atoms with E-state index in [4.69, 9.17) is 9.52 Å². The van der Waals surface area contributed by atoms with E-state index in [2.05, 4.69) is 16.8 Å². The molecule has 0 saturated heterocycles. The Morgan fingerprint density at radius 2 is 2.35 bits per heavy atom. The molecule has 0 aliphatic rings. The van der Waals surface area contributed by atoms with E-state index in [-0.39, 0.29) is 6.61 Å². The molecule has 6 heteroatoms. The van der Waals surface area contributed by atoms with E-state index in [0.29, 0.717) is 17.8 Å². The van der Waals surface area contributed by atoms with Gasteiger partial charge in [0.2, 0.25) is 0 Å². The van der Waals surface area contributed by atoms with Crippen molar-refractivity contribution in [2.75, 3.05) is 6.61 Å². The minimum absolute atomic E-state index is 0.189. The van der Waals surface area contributed by atoms with E-state index in [1.54, 1.807) is 18.3 Å². The van der Waals surface area contributed by atoms with E-state index in [1.165, 1.54) is 15.9 Å². The van der Waals surface area contributed by atoms with Crippen molar-refractivity contribution in [1.82, 2.24) is 9.55 Å². The van der Waals surface area contributed by atoms with Crippen molar-refractivity contribution in [3.8, 4) is 11.8 Å². The minimum Gasteiger partial charge on any atom is -0.406 e. The summed E-state index contributed by atoms with van der Waals surface area (Å²) in [5.74, 6) is 5.04. The van der Waals surface area contributed by atoms with Crippen molar-refractivity contribution in [3.63, 3.8) is 0 Å². The second-order valence-corrected chi connectivity index (χ2v) is 5.00. The van der Waals surface area contributed by atoms with E-state index in [9.17, 15) is 4.79 Å². The first-order chi connectivity index (χ1) is 9.79. The molecule has 20 heavy (non-hydrogen) atoms. The van der Waals surface area contributed by atoms with Gasteiger partial charge in [0.25, 0.3) is 0 Å². The van der Waals surface area contributed by atoms with Gasteiger partial charge in [0, 0.05) is 16.6 Å². The molecule has 0 amide bonds. The summed E-state index contributed by atoms with van der Waals surface area (Å²) in [5.41, 5.74) is 1.80. The van der Waals surface area contributed by atoms with Crippen LogP contribution in [-0.4, -0.2) is 21.3 Å². The Bertz CT molecular complexity index is 864. The predicted octanol–water partition coefficient (Wildman–Crippen LogP) is 1.44. The van der Waals surface area contributed by atoms with E-state index >= 15 is 0 Å². The molecule has 0 aliphatic heterocycles. The highest BCUT2D eigenvalue weighted by Gasteiger charge is 2.12. The van der Waals surface area contributed by atoms with Gasteiger partial charge in [0.15, 0.2) is 11.2 Å². The van der Waals surface area contributed by atoms with Crippen LogP contribution in [0.15, 0.2) is 39.0 Å². The molecule has 3 aromatic rings. The smallest absolute Gasteiger partial charge is 0.406 e. The number of aliphatic hydroxyl groups is 1. The summed E-state index contributed by atoms with van der Waals surface area (Å²) >= 11 is 1.50. The van der Waals surface area contributed by atoms with Crippen LogP contribution in [0.5, 0.6) is 0 Å². The van der Waals surface area contributed by atoms with E-state index in [1.807, 2.05) is 11.4 Å². The molecule has 0 saturated carbocycles. The third-order valence-corrected chi connectivity index (χ3v) is 3.68. The number of nitrogens with zero attached hydrogens (tertiary/aromatic N) is 2. The standard InChI is InChI=1S/C14H10N2O3S/c17-7-2-3-10-5-8-20-12(10)9-16-13-11(19-14(16)18)4-1-6-15-13/h1,4-6,8,17H,7,9H2. The molecular formula is C14H10N2O3S. The van der Waals surface area contributed by atoms with Crippen LogP contribution < -0.4 is 5.76 Å². The fourth-order valence-corrected chi connectivity index (χ4v) is 2.71. The third-order valence-electron chi connectivity index (χ3n) is 2.77. The number of oxazole rings is 1. The van der Waals surface area contributed by atoms with Crippen molar-refractivity contribution >= 4 is 22.6 Å². The summed E-state index contributed by atoms with van der Waals surface area (Å²) in [6.07, 6.45) is 1.62. The molecule has 0 atom stereocenters. The highest BCUT2D eigenvalue weighted by molar-refractivity contribution is 7.10. The van der Waals surface area contributed by atoms with Crippen molar-refractivity contribution in [2.24, 2.45) is 0 Å². The van der Waals surface area contributed by atoms with Crippen molar-refractivity contribution < 1.29 is 9.52 Å². The summed E-state index contributed by atoms with van der Waals surface area (Å²) in [5, 5.41) is 10.6. The maximum atomic E-state index is 11.9. The molecule has 5 nitrogen and oxygen atoms in total. The summed E-state index contributed by atoms with van der Waals surface area (Å²) in [4.78, 5) is 17.0. The molecule has 0 bridgehead atoms. The molecule has 1 N–H and O–H groups in total. The van der Waals surface area contributed by atoms with Gasteiger partial charge in [-0.1, -0.05) is 11.8 Å². The van der Waals surface area contributed by atoms with Gasteiger partial charge in [-0.25, -0.2) is 9.78 Å². The number of rotatable bonds is 2. The summed E-state index contributed by atoms with van der Waals surface area (Å²) in [6, 6.07) is 5.30. The Balaban J connectivity index is 2.04. The fraction of sp³-hybridized carbons (Fsp3) is 0.143. The Labute approximate surface area is 118 Å². The average molecular weight is 286 g/mol. The van der Waals surface area contributed by atoms with Crippen LogP contribution in [-0.2, 0) is 6.54 Å². The van der Waals surface area contributed by atoms with Crippen molar-refractivity contribution in [1.29, 1.82) is 0 Å². The van der Waals surface area contributed by atoms with Crippen molar-refractivity contribution in [3.05, 3.63) is 50.8 Å². The molecule has 3 heterocycles. The highest BCUT2D eigenvalue weighted by Crippen LogP contribution is 2.19. The zero-order valence-corrected chi connectivity index (χ0v) is 11.2. The van der Waals surface area contributed by atoms with Gasteiger partial charge in [-0.2, -0.15) is 0 Å². The normalized spacial score (nSPS) is 10.4. The molecule has 0 spiro atoms. The topological polar surface area (TPSA) is 68.3 Å². The lowest BCUT2D eigenvalue weighted by Gasteiger charge is -1.99. The second kappa shape index (κ2) is 5.33. The van der Waals surface area contributed by atoms with Crippen LogP contribution in [0.2, 0.25) is 0 Å². The van der Waals surface area contributed by atoms with Crippen LogP contribution in [0.4, 0.5) is 0 Å². The average Bonchev–Trinajstić information content (AvgIpc) is 3.02. The predicted molar refractivity (Wildman–Crippen MR) is 75.7 cm³/mol. The maximum absolute atomic E-state index is 11.9. The Morgan fingerprint density at radius 3 is 3.20 bits per heavy atom. The first kappa shape index (κ1) is 12.7. The summed E-state index contributed by atoms with van der Waals surface area (Å²) < 4.78 is 6.62. The van der Waals surface area contributed by atoms with Crippen molar-refractivity contribution in [2.45, 2.75) is 6.54 Å². The number of pyridine rings is 1. The lowest BCUT2D eigenvalue weighted by Crippen LogP contribution is -2.15. The molecule has 3 rings (SSSR count). The first-order valence-corrected chi connectivity index (χ1v) is 6.78. The third kappa shape index (κ3) is 2.25. The largest absolute Gasteiger partial charge is 0.421 e. The molecule has 0 fully saturated rings. The molecule has 0 aliphatic carbocycles. The number of hydrogen-bond donors (Lipinski definition) is 1. The van der Waals surface area contributed by atoms with Gasteiger partial charge >= 0.3 is 5.76 Å².